The summed E-state index contributed by atoms with van der Waals surface area (Å²) in [7, 11) is 1.59. The summed E-state index contributed by atoms with van der Waals surface area (Å²) >= 11 is 0. The van der Waals surface area contributed by atoms with Gasteiger partial charge in [-0.1, -0.05) is 0 Å². The van der Waals surface area contributed by atoms with E-state index in [9.17, 15) is 9.59 Å². The van der Waals surface area contributed by atoms with Gasteiger partial charge in [-0.3, -0.25) is 9.59 Å². The number of carbonyl (C=O) groups is 2. The maximum atomic E-state index is 11.8. The van der Waals surface area contributed by atoms with E-state index in [0.717, 1.165) is 0 Å². The van der Waals surface area contributed by atoms with Crippen molar-refractivity contribution in [1.29, 1.82) is 0 Å². The molecule has 0 aliphatic carbocycles. The van der Waals surface area contributed by atoms with Gasteiger partial charge in [-0.15, -0.1) is 0 Å². The highest BCUT2D eigenvalue weighted by atomic mass is 16.5. The highest BCUT2D eigenvalue weighted by Crippen LogP contribution is 2.04. The second-order valence-corrected chi connectivity index (χ2v) is 3.50. The molecular formula is C9H17N3O3. The zero-order valence-corrected chi connectivity index (χ0v) is 8.86. The summed E-state index contributed by atoms with van der Waals surface area (Å²) in [5.41, 5.74) is 5.06. The van der Waals surface area contributed by atoms with Gasteiger partial charge in [-0.2, -0.15) is 0 Å². The molecule has 6 heteroatoms. The first-order valence-corrected chi connectivity index (χ1v) is 4.94. The fraction of sp³-hybridized carbons (Fsp3) is 0.778. The molecule has 3 N–H and O–H groups in total. The molecule has 0 bridgehead atoms. The fourth-order valence-electron chi connectivity index (χ4n) is 1.58. The van der Waals surface area contributed by atoms with Crippen LogP contribution in [-0.2, 0) is 14.3 Å². The molecule has 0 aromatic carbocycles. The van der Waals surface area contributed by atoms with E-state index in [1.54, 1.807) is 12.0 Å². The number of rotatable bonds is 5. The number of amides is 2. The summed E-state index contributed by atoms with van der Waals surface area (Å²) in [6.45, 7) is 2.41. The number of nitrogens with two attached hydrogens (primary N) is 1. The van der Waals surface area contributed by atoms with Crippen LogP contribution in [0.1, 0.15) is 6.42 Å². The lowest BCUT2D eigenvalue weighted by Gasteiger charge is -2.32. The molecule has 1 aliphatic rings. The minimum Gasteiger partial charge on any atom is -0.383 e. The molecule has 0 aromatic rings. The number of primary amides is 1. The van der Waals surface area contributed by atoms with Gasteiger partial charge in [0.05, 0.1) is 19.1 Å². The minimum absolute atomic E-state index is 0.0579. The first-order chi connectivity index (χ1) is 7.15. The van der Waals surface area contributed by atoms with Crippen LogP contribution in [0.5, 0.6) is 0 Å². The monoisotopic (exact) mass is 215 g/mol. The van der Waals surface area contributed by atoms with Crippen molar-refractivity contribution in [2.75, 3.05) is 33.4 Å². The molecule has 1 unspecified atom stereocenters. The van der Waals surface area contributed by atoms with Gasteiger partial charge >= 0.3 is 0 Å². The van der Waals surface area contributed by atoms with Crippen LogP contribution >= 0.6 is 0 Å². The Labute approximate surface area is 88.7 Å². The summed E-state index contributed by atoms with van der Waals surface area (Å²) in [4.78, 5) is 24.2. The van der Waals surface area contributed by atoms with Crippen molar-refractivity contribution < 1.29 is 14.3 Å². The number of piperazine rings is 1. The van der Waals surface area contributed by atoms with Crippen molar-refractivity contribution >= 4 is 11.8 Å². The normalized spacial score (nSPS) is 21.8. The standard InChI is InChI=1S/C9H17N3O3/c1-15-5-4-12-3-2-11-7(9(12)14)6-8(10)13/h7,11H,2-6H2,1H3,(H2,10,13). The molecule has 1 rings (SSSR count). The molecular weight excluding hydrogens is 198 g/mol. The zero-order chi connectivity index (χ0) is 11.3. The van der Waals surface area contributed by atoms with Gasteiger partial charge in [-0.25, -0.2) is 0 Å². The van der Waals surface area contributed by atoms with Crippen LogP contribution in [0.4, 0.5) is 0 Å². The van der Waals surface area contributed by atoms with Crippen molar-refractivity contribution in [1.82, 2.24) is 10.2 Å². The van der Waals surface area contributed by atoms with Gasteiger partial charge in [0.2, 0.25) is 11.8 Å². The number of hydrogen-bond donors (Lipinski definition) is 2. The molecule has 2 amide bonds. The number of nitrogens with one attached hydrogen (secondary N) is 1. The number of methoxy groups -OCH3 is 1. The maximum absolute atomic E-state index is 11.8. The van der Waals surface area contributed by atoms with E-state index in [-0.39, 0.29) is 12.3 Å². The van der Waals surface area contributed by atoms with Gasteiger partial charge in [0, 0.05) is 26.7 Å². The Balaban J connectivity index is 2.47. The largest absolute Gasteiger partial charge is 0.383 e. The van der Waals surface area contributed by atoms with Crippen LogP contribution in [0.15, 0.2) is 0 Å². The zero-order valence-electron chi connectivity index (χ0n) is 8.86. The smallest absolute Gasteiger partial charge is 0.240 e. The van der Waals surface area contributed by atoms with Crippen molar-refractivity contribution in [3.63, 3.8) is 0 Å². The Hall–Kier alpha value is -1.14. The first kappa shape index (κ1) is 11.9. The number of ether oxygens (including phenoxy) is 1. The number of carbonyl (C=O) groups excluding carboxylic acids is 2. The second-order valence-electron chi connectivity index (χ2n) is 3.50. The van der Waals surface area contributed by atoms with Gasteiger partial charge in [0.1, 0.15) is 0 Å². The van der Waals surface area contributed by atoms with E-state index in [2.05, 4.69) is 5.32 Å². The Morgan fingerprint density at radius 1 is 1.73 bits per heavy atom. The van der Waals surface area contributed by atoms with Gasteiger partial charge in [-0.05, 0) is 0 Å². The van der Waals surface area contributed by atoms with Crippen LogP contribution in [0.2, 0.25) is 0 Å². The topological polar surface area (TPSA) is 84.7 Å². The van der Waals surface area contributed by atoms with E-state index < -0.39 is 11.9 Å². The van der Waals surface area contributed by atoms with Crippen LogP contribution in [0, 0.1) is 0 Å². The summed E-state index contributed by atoms with van der Waals surface area (Å²) in [6.07, 6.45) is 0.0579. The predicted molar refractivity (Wildman–Crippen MR) is 54.1 cm³/mol. The van der Waals surface area contributed by atoms with E-state index in [4.69, 9.17) is 10.5 Å². The van der Waals surface area contributed by atoms with E-state index in [1.807, 2.05) is 0 Å². The Kier molecular flexibility index (Phi) is 4.51. The second kappa shape index (κ2) is 5.67. The summed E-state index contributed by atoms with van der Waals surface area (Å²) in [6, 6.07) is -0.465. The van der Waals surface area contributed by atoms with Crippen LogP contribution in [-0.4, -0.2) is 56.1 Å². The van der Waals surface area contributed by atoms with E-state index in [1.165, 1.54) is 0 Å². The van der Waals surface area contributed by atoms with Crippen LogP contribution in [0.3, 0.4) is 0 Å². The molecule has 0 saturated carbocycles. The van der Waals surface area contributed by atoms with Crippen molar-refractivity contribution in [3.8, 4) is 0 Å². The lowest BCUT2D eigenvalue weighted by atomic mass is 10.1. The predicted octanol–water partition coefficient (Wildman–Crippen LogP) is -1.69. The molecule has 1 heterocycles. The number of hydrogen-bond acceptors (Lipinski definition) is 4. The molecule has 86 valence electrons. The van der Waals surface area contributed by atoms with Gasteiger partial charge in [0.15, 0.2) is 0 Å². The van der Waals surface area contributed by atoms with Crippen LogP contribution < -0.4 is 11.1 Å². The molecule has 1 atom stereocenters. The third kappa shape index (κ3) is 3.49. The quantitative estimate of drug-likeness (QED) is 0.573. The third-order valence-corrected chi connectivity index (χ3v) is 2.35. The van der Waals surface area contributed by atoms with Gasteiger partial charge in [0.25, 0.3) is 0 Å². The number of nitrogens with zero attached hydrogens (tertiary/aromatic N) is 1. The highest BCUT2D eigenvalue weighted by molar-refractivity contribution is 5.88. The average Bonchev–Trinajstić information content (AvgIpc) is 2.19. The molecule has 1 saturated heterocycles. The maximum Gasteiger partial charge on any atom is 0.240 e. The summed E-state index contributed by atoms with van der Waals surface area (Å²) in [5, 5.41) is 2.97. The molecule has 1 fully saturated rings. The van der Waals surface area contributed by atoms with E-state index >= 15 is 0 Å². The summed E-state index contributed by atoms with van der Waals surface area (Å²) < 4.78 is 4.90. The molecule has 15 heavy (non-hydrogen) atoms. The Bertz CT molecular complexity index is 245. The van der Waals surface area contributed by atoms with Gasteiger partial charge < -0.3 is 20.7 Å². The van der Waals surface area contributed by atoms with Crippen molar-refractivity contribution in [3.05, 3.63) is 0 Å². The minimum atomic E-state index is -0.465. The molecule has 0 radical (unpaired) electrons. The van der Waals surface area contributed by atoms with Crippen LogP contribution in [0.25, 0.3) is 0 Å². The molecule has 0 spiro atoms. The highest BCUT2D eigenvalue weighted by Gasteiger charge is 2.28. The Morgan fingerprint density at radius 2 is 2.47 bits per heavy atom. The Morgan fingerprint density at radius 3 is 3.07 bits per heavy atom. The average molecular weight is 215 g/mol. The SMILES string of the molecule is COCCN1CCNC(CC(N)=O)C1=O. The lowest BCUT2D eigenvalue weighted by molar-refractivity contribution is -0.138. The lowest BCUT2D eigenvalue weighted by Crippen LogP contribution is -2.56. The fourth-order valence-corrected chi connectivity index (χ4v) is 1.58. The summed E-state index contributed by atoms with van der Waals surface area (Å²) in [5.74, 6) is -0.536. The van der Waals surface area contributed by atoms with E-state index in [0.29, 0.717) is 26.2 Å². The molecule has 0 aromatic heterocycles. The third-order valence-electron chi connectivity index (χ3n) is 2.35. The first-order valence-electron chi connectivity index (χ1n) is 4.94. The molecule has 6 nitrogen and oxygen atoms in total. The van der Waals surface area contributed by atoms with Crippen molar-refractivity contribution in [2.45, 2.75) is 12.5 Å². The molecule has 1 aliphatic heterocycles. The van der Waals surface area contributed by atoms with Crippen molar-refractivity contribution in [2.24, 2.45) is 5.73 Å².